The van der Waals surface area contributed by atoms with Crippen molar-refractivity contribution in [3.8, 4) is 12.3 Å². The van der Waals surface area contributed by atoms with E-state index in [-0.39, 0.29) is 12.7 Å². The van der Waals surface area contributed by atoms with Crippen LogP contribution in [0.25, 0.3) is 0 Å². The largest absolute Gasteiger partial charge is 0.394 e. The molecule has 90 valence electrons. The highest BCUT2D eigenvalue weighted by molar-refractivity contribution is 5.37. The van der Waals surface area contributed by atoms with Gasteiger partial charge in [0.15, 0.2) is 0 Å². The van der Waals surface area contributed by atoms with Crippen molar-refractivity contribution in [1.29, 1.82) is 0 Å². The van der Waals surface area contributed by atoms with Crippen LogP contribution in [0, 0.1) is 19.3 Å². The van der Waals surface area contributed by atoms with Crippen LogP contribution in [-0.2, 0) is 4.74 Å². The highest BCUT2D eigenvalue weighted by Gasteiger charge is 2.35. The van der Waals surface area contributed by atoms with Gasteiger partial charge in [0.2, 0.25) is 0 Å². The number of aryl methyl sites for hydroxylation is 1. The van der Waals surface area contributed by atoms with E-state index in [1.165, 1.54) is 0 Å². The lowest BCUT2D eigenvalue weighted by atomic mass is 10.0. The SMILES string of the molecule is C#Cc1nc(C)ccc1[C@H]1C[C@H](O)[C@@H](CO)O1. The van der Waals surface area contributed by atoms with Crippen LogP contribution in [-0.4, -0.2) is 34.0 Å². The lowest BCUT2D eigenvalue weighted by Gasteiger charge is -2.13. The van der Waals surface area contributed by atoms with Crippen molar-refractivity contribution in [2.75, 3.05) is 6.61 Å². The number of pyridine rings is 1. The zero-order chi connectivity index (χ0) is 12.4. The van der Waals surface area contributed by atoms with Crippen molar-refractivity contribution in [3.63, 3.8) is 0 Å². The molecule has 0 radical (unpaired) electrons. The predicted molar refractivity (Wildman–Crippen MR) is 62.2 cm³/mol. The summed E-state index contributed by atoms with van der Waals surface area (Å²) in [6.45, 7) is 1.67. The summed E-state index contributed by atoms with van der Waals surface area (Å²) in [6.07, 6.45) is 4.36. The van der Waals surface area contributed by atoms with Crippen LogP contribution in [0.5, 0.6) is 0 Å². The molecule has 0 aliphatic carbocycles. The summed E-state index contributed by atoms with van der Waals surface area (Å²) in [5, 5.41) is 18.7. The third-order valence-electron chi connectivity index (χ3n) is 2.95. The minimum Gasteiger partial charge on any atom is -0.394 e. The van der Waals surface area contributed by atoms with Crippen LogP contribution >= 0.6 is 0 Å². The van der Waals surface area contributed by atoms with E-state index >= 15 is 0 Å². The Balaban J connectivity index is 2.27. The third-order valence-corrected chi connectivity index (χ3v) is 2.95. The van der Waals surface area contributed by atoms with E-state index in [0.717, 1.165) is 11.3 Å². The molecule has 1 aliphatic rings. The van der Waals surface area contributed by atoms with Gasteiger partial charge in [-0.2, -0.15) is 0 Å². The standard InChI is InChI=1S/C13H15NO3/c1-3-10-9(5-4-8(2)14-10)12-6-11(16)13(7-15)17-12/h1,4-5,11-13,15-16H,6-7H2,2H3/t11-,12+,13+/m0/s1. The number of hydrogen-bond donors (Lipinski definition) is 2. The molecule has 0 amide bonds. The van der Waals surface area contributed by atoms with Crippen LogP contribution < -0.4 is 0 Å². The number of nitrogens with zero attached hydrogens (tertiary/aromatic N) is 1. The molecule has 0 saturated carbocycles. The summed E-state index contributed by atoms with van der Waals surface area (Å²) in [5.41, 5.74) is 2.19. The Kier molecular flexibility index (Phi) is 3.43. The zero-order valence-corrected chi connectivity index (χ0v) is 9.63. The molecule has 1 aromatic rings. The molecular formula is C13H15NO3. The molecule has 0 spiro atoms. The average Bonchev–Trinajstić information content (AvgIpc) is 2.70. The first-order valence-electron chi connectivity index (χ1n) is 5.54. The minimum atomic E-state index is -0.656. The highest BCUT2D eigenvalue weighted by atomic mass is 16.5. The Labute approximate surface area is 100 Å². The third kappa shape index (κ3) is 2.32. The first-order chi connectivity index (χ1) is 8.15. The van der Waals surface area contributed by atoms with Crippen molar-refractivity contribution in [2.45, 2.75) is 31.7 Å². The number of aliphatic hydroxyl groups is 2. The van der Waals surface area contributed by atoms with Crippen LogP contribution in [0.15, 0.2) is 12.1 Å². The Hall–Kier alpha value is -1.41. The average molecular weight is 233 g/mol. The molecule has 2 N–H and O–H groups in total. The quantitative estimate of drug-likeness (QED) is 0.732. The van der Waals surface area contributed by atoms with Gasteiger partial charge in [-0.25, -0.2) is 4.98 Å². The van der Waals surface area contributed by atoms with Gasteiger partial charge >= 0.3 is 0 Å². The number of terminal acetylenes is 1. The molecule has 2 heterocycles. The smallest absolute Gasteiger partial charge is 0.118 e. The summed E-state index contributed by atoms with van der Waals surface area (Å²) in [4.78, 5) is 4.25. The van der Waals surface area contributed by atoms with E-state index in [0.29, 0.717) is 12.1 Å². The number of aliphatic hydroxyl groups excluding tert-OH is 2. The van der Waals surface area contributed by atoms with Gasteiger partial charge < -0.3 is 14.9 Å². The maximum absolute atomic E-state index is 9.68. The lowest BCUT2D eigenvalue weighted by molar-refractivity contribution is -0.0227. The van der Waals surface area contributed by atoms with Gasteiger partial charge in [-0.1, -0.05) is 6.07 Å². The first-order valence-corrected chi connectivity index (χ1v) is 5.54. The van der Waals surface area contributed by atoms with Gasteiger partial charge in [0.25, 0.3) is 0 Å². The molecule has 4 nitrogen and oxygen atoms in total. The molecule has 1 aromatic heterocycles. The summed E-state index contributed by atoms with van der Waals surface area (Å²) >= 11 is 0. The second kappa shape index (κ2) is 4.84. The zero-order valence-electron chi connectivity index (χ0n) is 9.63. The summed E-state index contributed by atoms with van der Waals surface area (Å²) in [5.74, 6) is 2.53. The monoisotopic (exact) mass is 233 g/mol. The molecule has 2 rings (SSSR count). The molecule has 17 heavy (non-hydrogen) atoms. The summed E-state index contributed by atoms with van der Waals surface area (Å²) in [7, 11) is 0. The Bertz CT molecular complexity index is 452. The molecule has 0 bridgehead atoms. The molecule has 1 saturated heterocycles. The molecule has 0 unspecified atom stereocenters. The van der Waals surface area contributed by atoms with Crippen LogP contribution in [0.1, 0.15) is 29.5 Å². The molecule has 0 aromatic carbocycles. The van der Waals surface area contributed by atoms with Crippen molar-refractivity contribution >= 4 is 0 Å². The summed E-state index contributed by atoms with van der Waals surface area (Å²) in [6, 6.07) is 3.73. The van der Waals surface area contributed by atoms with Crippen LogP contribution in [0.4, 0.5) is 0 Å². The number of rotatable bonds is 2. The van der Waals surface area contributed by atoms with Crippen molar-refractivity contribution in [3.05, 3.63) is 29.1 Å². The van der Waals surface area contributed by atoms with Crippen LogP contribution in [0.2, 0.25) is 0 Å². The second-order valence-electron chi connectivity index (χ2n) is 4.18. The Morgan fingerprint density at radius 3 is 2.94 bits per heavy atom. The van der Waals surface area contributed by atoms with E-state index in [1.54, 1.807) is 0 Å². The van der Waals surface area contributed by atoms with Gasteiger partial charge in [-0.3, -0.25) is 0 Å². The maximum atomic E-state index is 9.68. The van der Waals surface area contributed by atoms with E-state index in [2.05, 4.69) is 10.9 Å². The van der Waals surface area contributed by atoms with Gasteiger partial charge in [-0.05, 0) is 18.9 Å². The summed E-state index contributed by atoms with van der Waals surface area (Å²) < 4.78 is 5.56. The normalized spacial score (nSPS) is 28.0. The highest BCUT2D eigenvalue weighted by Crippen LogP contribution is 2.34. The van der Waals surface area contributed by atoms with Gasteiger partial charge in [0, 0.05) is 17.7 Å². The fourth-order valence-corrected chi connectivity index (χ4v) is 2.04. The molecule has 1 fully saturated rings. The number of aromatic nitrogens is 1. The Morgan fingerprint density at radius 1 is 1.59 bits per heavy atom. The maximum Gasteiger partial charge on any atom is 0.118 e. The van der Waals surface area contributed by atoms with E-state index in [9.17, 15) is 5.11 Å². The van der Waals surface area contributed by atoms with Gasteiger partial charge in [0.05, 0.1) is 18.8 Å². The van der Waals surface area contributed by atoms with Gasteiger partial charge in [0.1, 0.15) is 11.8 Å². The van der Waals surface area contributed by atoms with Crippen molar-refractivity contribution in [1.82, 2.24) is 4.98 Å². The van der Waals surface area contributed by atoms with Gasteiger partial charge in [-0.15, -0.1) is 6.42 Å². The molecule has 4 heteroatoms. The predicted octanol–water partition coefficient (Wildman–Crippen LogP) is 0.555. The molecular weight excluding hydrogens is 218 g/mol. The molecule has 1 aliphatic heterocycles. The molecule has 3 atom stereocenters. The van der Waals surface area contributed by atoms with E-state index < -0.39 is 12.2 Å². The van der Waals surface area contributed by atoms with Crippen molar-refractivity contribution < 1.29 is 14.9 Å². The van der Waals surface area contributed by atoms with E-state index in [1.807, 2.05) is 19.1 Å². The van der Waals surface area contributed by atoms with E-state index in [4.69, 9.17) is 16.3 Å². The Morgan fingerprint density at radius 2 is 2.35 bits per heavy atom. The number of ether oxygens (including phenoxy) is 1. The second-order valence-corrected chi connectivity index (χ2v) is 4.18. The number of hydrogen-bond acceptors (Lipinski definition) is 4. The first kappa shape index (κ1) is 12.1. The van der Waals surface area contributed by atoms with Crippen LogP contribution in [0.3, 0.4) is 0 Å². The fourth-order valence-electron chi connectivity index (χ4n) is 2.04. The fraction of sp³-hybridized carbons (Fsp3) is 0.462. The topological polar surface area (TPSA) is 62.6 Å². The minimum absolute atomic E-state index is 0.192. The van der Waals surface area contributed by atoms with Crippen molar-refractivity contribution in [2.24, 2.45) is 0 Å². The lowest BCUT2D eigenvalue weighted by Crippen LogP contribution is -2.24.